The maximum Gasteiger partial charge on any atom is 0.344 e. The van der Waals surface area contributed by atoms with Crippen LogP contribution in [0.25, 0.3) is 11.1 Å². The van der Waals surface area contributed by atoms with Crippen molar-refractivity contribution in [1.29, 1.82) is 0 Å². The van der Waals surface area contributed by atoms with Gasteiger partial charge >= 0.3 is 5.97 Å². The van der Waals surface area contributed by atoms with Crippen LogP contribution in [-0.2, 0) is 16.1 Å². The molecule has 10 heteroatoms. The Kier molecular flexibility index (Phi) is 8.44. The van der Waals surface area contributed by atoms with Crippen LogP contribution in [0.15, 0.2) is 48.5 Å². The van der Waals surface area contributed by atoms with Crippen LogP contribution >= 0.6 is 0 Å². The van der Waals surface area contributed by atoms with Gasteiger partial charge in [-0.15, -0.1) is 0 Å². The van der Waals surface area contributed by atoms with Crippen LogP contribution in [-0.4, -0.2) is 28.1 Å². The number of nitrogens with two attached hydrogens (primary N) is 1. The van der Waals surface area contributed by atoms with Gasteiger partial charge in [-0.3, -0.25) is 4.79 Å². The maximum absolute atomic E-state index is 14.6. The van der Waals surface area contributed by atoms with Gasteiger partial charge in [0.05, 0.1) is 0 Å². The summed E-state index contributed by atoms with van der Waals surface area (Å²) in [6.07, 6.45) is -1.34. The quantitative estimate of drug-likeness (QED) is 0.345. The van der Waals surface area contributed by atoms with Crippen molar-refractivity contribution < 1.29 is 33.0 Å². The summed E-state index contributed by atoms with van der Waals surface area (Å²) in [4.78, 5) is 27.6. The van der Waals surface area contributed by atoms with E-state index in [1.165, 1.54) is 13.0 Å². The van der Waals surface area contributed by atoms with Crippen molar-refractivity contribution in [1.82, 2.24) is 4.98 Å². The van der Waals surface area contributed by atoms with Crippen LogP contribution in [0.1, 0.15) is 39.7 Å². The number of rotatable bonds is 9. The van der Waals surface area contributed by atoms with Gasteiger partial charge in [-0.05, 0) is 41.3 Å². The number of amides is 1. The maximum atomic E-state index is 14.6. The SMILES string of the molecule is CC[C@@H](Oc1nc(Oc2cc(NC(=O)C(C)(C)C)cc(-c3cccc(CN)c3)c2)c(F)cc1F)C(=O)O. The summed E-state index contributed by atoms with van der Waals surface area (Å²) in [7, 11) is 0. The van der Waals surface area contributed by atoms with Crippen molar-refractivity contribution in [3.05, 3.63) is 65.7 Å². The highest BCUT2D eigenvalue weighted by Crippen LogP contribution is 2.34. The molecule has 1 atom stereocenters. The Balaban J connectivity index is 2.04. The Labute approximate surface area is 213 Å². The second-order valence-electron chi connectivity index (χ2n) is 9.37. The third-order valence-corrected chi connectivity index (χ3v) is 5.32. The molecular formula is C27H29F2N3O5. The predicted octanol–water partition coefficient (Wildman–Crippen LogP) is 5.50. The summed E-state index contributed by atoms with van der Waals surface area (Å²) in [5.74, 6) is -5.11. The minimum Gasteiger partial charge on any atom is -0.479 e. The molecule has 0 spiro atoms. The van der Waals surface area contributed by atoms with Crippen molar-refractivity contribution in [2.45, 2.75) is 46.8 Å². The summed E-state index contributed by atoms with van der Waals surface area (Å²) in [6.45, 7) is 7.13. The van der Waals surface area contributed by atoms with Crippen molar-refractivity contribution in [3.63, 3.8) is 0 Å². The van der Waals surface area contributed by atoms with Crippen LogP contribution < -0.4 is 20.5 Å². The molecule has 0 radical (unpaired) electrons. The molecule has 0 saturated heterocycles. The van der Waals surface area contributed by atoms with Gasteiger partial charge in [0.25, 0.3) is 11.8 Å². The van der Waals surface area contributed by atoms with E-state index in [9.17, 15) is 23.5 Å². The molecule has 37 heavy (non-hydrogen) atoms. The number of hydrogen-bond acceptors (Lipinski definition) is 6. The topological polar surface area (TPSA) is 124 Å². The molecule has 196 valence electrons. The summed E-state index contributed by atoms with van der Waals surface area (Å²) in [5, 5.41) is 12.0. The molecule has 1 amide bonds. The van der Waals surface area contributed by atoms with E-state index in [1.807, 2.05) is 24.3 Å². The molecule has 1 heterocycles. The van der Waals surface area contributed by atoms with E-state index in [0.717, 1.165) is 11.1 Å². The largest absolute Gasteiger partial charge is 0.479 e. The number of carbonyl (C=O) groups excluding carboxylic acids is 1. The second kappa shape index (κ2) is 11.3. The molecule has 8 nitrogen and oxygen atoms in total. The lowest BCUT2D eigenvalue weighted by molar-refractivity contribution is -0.145. The Bertz CT molecular complexity index is 1310. The first kappa shape index (κ1) is 27.5. The second-order valence-corrected chi connectivity index (χ2v) is 9.37. The van der Waals surface area contributed by atoms with Crippen LogP contribution in [0.3, 0.4) is 0 Å². The van der Waals surface area contributed by atoms with Gasteiger partial charge in [0.2, 0.25) is 5.91 Å². The first-order chi connectivity index (χ1) is 17.4. The normalized spacial score (nSPS) is 12.1. The number of carboxylic acids is 1. The molecule has 3 aromatic rings. The third kappa shape index (κ3) is 7.01. The molecule has 0 aliphatic carbocycles. The van der Waals surface area contributed by atoms with Crippen LogP contribution in [0, 0.1) is 17.0 Å². The standard InChI is InChI=1S/C27H29F2N3O5/c1-5-22(25(33)34)37-24-21(29)13-20(28)23(32-24)36-19-11-17(16-8-6-7-15(9-16)14-30)10-18(12-19)31-26(35)27(2,3)4/h6-13,22H,5,14,30H2,1-4H3,(H,31,35)(H,33,34)/t22-/m1/s1. The minimum atomic E-state index is -1.38. The number of halogens is 2. The lowest BCUT2D eigenvalue weighted by Crippen LogP contribution is -2.27. The number of aromatic nitrogens is 1. The monoisotopic (exact) mass is 513 g/mol. The molecule has 0 unspecified atom stereocenters. The van der Waals surface area contributed by atoms with Crippen LogP contribution in [0.5, 0.6) is 17.5 Å². The zero-order valence-electron chi connectivity index (χ0n) is 21.0. The first-order valence-corrected chi connectivity index (χ1v) is 11.6. The Morgan fingerprint density at radius 1 is 1.05 bits per heavy atom. The average molecular weight is 514 g/mol. The lowest BCUT2D eigenvalue weighted by atomic mass is 9.95. The molecule has 1 aromatic heterocycles. The first-order valence-electron chi connectivity index (χ1n) is 11.6. The van der Waals surface area contributed by atoms with E-state index in [4.69, 9.17) is 15.2 Å². The van der Waals surface area contributed by atoms with Crippen LogP contribution in [0.4, 0.5) is 14.5 Å². The number of carbonyl (C=O) groups is 2. The Morgan fingerprint density at radius 3 is 2.38 bits per heavy atom. The highest BCUT2D eigenvalue weighted by molar-refractivity contribution is 5.95. The summed E-state index contributed by atoms with van der Waals surface area (Å²) in [5.41, 5.74) is 7.73. The van der Waals surface area contributed by atoms with Gasteiger partial charge in [-0.25, -0.2) is 13.6 Å². The van der Waals surface area contributed by atoms with Gasteiger partial charge in [0.15, 0.2) is 17.7 Å². The number of carboxylic acid groups (broad SMARTS) is 1. The number of nitrogens with zero attached hydrogens (tertiary/aromatic N) is 1. The fraction of sp³-hybridized carbons (Fsp3) is 0.296. The smallest absolute Gasteiger partial charge is 0.344 e. The predicted molar refractivity (Wildman–Crippen MR) is 134 cm³/mol. The Morgan fingerprint density at radius 2 is 1.76 bits per heavy atom. The van der Waals surface area contributed by atoms with E-state index in [0.29, 0.717) is 23.9 Å². The average Bonchev–Trinajstić information content (AvgIpc) is 2.84. The van der Waals surface area contributed by atoms with E-state index >= 15 is 0 Å². The number of benzene rings is 2. The van der Waals surface area contributed by atoms with E-state index in [1.54, 1.807) is 32.9 Å². The molecule has 2 aromatic carbocycles. The molecule has 0 bridgehead atoms. The van der Waals surface area contributed by atoms with Gasteiger partial charge in [-0.1, -0.05) is 45.9 Å². The van der Waals surface area contributed by atoms with Crippen molar-refractivity contribution >= 4 is 17.6 Å². The third-order valence-electron chi connectivity index (χ3n) is 5.32. The molecule has 0 saturated carbocycles. The van der Waals surface area contributed by atoms with Crippen LogP contribution in [0.2, 0.25) is 0 Å². The molecular weight excluding hydrogens is 484 g/mol. The fourth-order valence-electron chi connectivity index (χ4n) is 3.24. The summed E-state index contributed by atoms with van der Waals surface area (Å²) >= 11 is 0. The summed E-state index contributed by atoms with van der Waals surface area (Å²) < 4.78 is 39.6. The molecule has 3 rings (SSSR count). The number of pyridine rings is 1. The van der Waals surface area contributed by atoms with E-state index in [-0.39, 0.29) is 18.1 Å². The number of hydrogen-bond donors (Lipinski definition) is 3. The number of nitrogens with one attached hydrogen (secondary N) is 1. The van der Waals surface area contributed by atoms with E-state index < -0.39 is 40.9 Å². The zero-order valence-corrected chi connectivity index (χ0v) is 21.0. The van der Waals surface area contributed by atoms with Crippen molar-refractivity contribution in [2.24, 2.45) is 11.1 Å². The van der Waals surface area contributed by atoms with Gasteiger partial charge < -0.3 is 25.6 Å². The summed E-state index contributed by atoms with van der Waals surface area (Å²) in [6, 6.07) is 12.7. The van der Waals surface area contributed by atoms with Gasteiger partial charge in [-0.2, -0.15) is 4.98 Å². The lowest BCUT2D eigenvalue weighted by Gasteiger charge is -2.19. The van der Waals surface area contributed by atoms with Crippen molar-refractivity contribution in [3.8, 4) is 28.6 Å². The highest BCUT2D eigenvalue weighted by Gasteiger charge is 2.24. The molecule has 0 fully saturated rings. The highest BCUT2D eigenvalue weighted by atomic mass is 19.1. The molecule has 0 aliphatic rings. The molecule has 4 N–H and O–H groups in total. The Hall–Kier alpha value is -4.05. The number of aliphatic carboxylic acids is 1. The number of anilines is 1. The molecule has 0 aliphatic heterocycles. The number of ether oxygens (including phenoxy) is 2. The van der Waals surface area contributed by atoms with E-state index in [2.05, 4.69) is 10.3 Å². The van der Waals surface area contributed by atoms with Crippen molar-refractivity contribution in [2.75, 3.05) is 5.32 Å². The zero-order chi connectivity index (χ0) is 27.3. The van der Waals surface area contributed by atoms with Gasteiger partial charge in [0.1, 0.15) is 5.75 Å². The van der Waals surface area contributed by atoms with Gasteiger partial charge in [0, 0.05) is 29.8 Å². The minimum absolute atomic E-state index is 0.0325. The fourth-order valence-corrected chi connectivity index (χ4v) is 3.24.